The van der Waals surface area contributed by atoms with E-state index in [9.17, 15) is 9.18 Å². The number of carbonyl (C=O) groups is 1. The van der Waals surface area contributed by atoms with Crippen molar-refractivity contribution in [2.75, 3.05) is 7.11 Å². The Morgan fingerprint density at radius 2 is 1.85 bits per heavy atom. The van der Waals surface area contributed by atoms with Crippen molar-refractivity contribution >= 4 is 17.4 Å². The standard InChI is InChI=1S/C16H14ClFO2/c1-20-15-5-2-11(3-6-15)8-14(19)10-12-9-13(18)4-7-16(12)17/h2-7,9H,8,10H2,1H3. The molecule has 0 N–H and O–H groups in total. The van der Waals surface area contributed by atoms with Gasteiger partial charge < -0.3 is 4.74 Å². The fourth-order valence-corrected chi connectivity index (χ4v) is 2.11. The summed E-state index contributed by atoms with van der Waals surface area (Å²) in [6.07, 6.45) is 0.416. The monoisotopic (exact) mass is 292 g/mol. The average Bonchev–Trinajstić information content (AvgIpc) is 2.43. The zero-order valence-electron chi connectivity index (χ0n) is 11.0. The SMILES string of the molecule is COc1ccc(CC(=O)Cc2cc(F)ccc2Cl)cc1. The third-order valence-electron chi connectivity index (χ3n) is 2.96. The lowest BCUT2D eigenvalue weighted by molar-refractivity contribution is -0.117. The number of methoxy groups -OCH3 is 1. The summed E-state index contributed by atoms with van der Waals surface area (Å²) in [7, 11) is 1.59. The van der Waals surface area contributed by atoms with E-state index in [1.54, 1.807) is 19.2 Å². The maximum absolute atomic E-state index is 13.1. The lowest BCUT2D eigenvalue weighted by atomic mass is 10.0. The molecule has 2 aromatic carbocycles. The lowest BCUT2D eigenvalue weighted by Crippen LogP contribution is -2.07. The fourth-order valence-electron chi connectivity index (χ4n) is 1.92. The maximum Gasteiger partial charge on any atom is 0.141 e. The zero-order chi connectivity index (χ0) is 14.5. The van der Waals surface area contributed by atoms with Crippen molar-refractivity contribution in [3.05, 3.63) is 64.4 Å². The van der Waals surface area contributed by atoms with E-state index in [4.69, 9.17) is 16.3 Å². The van der Waals surface area contributed by atoms with Gasteiger partial charge in [0.25, 0.3) is 0 Å². The molecule has 0 amide bonds. The molecular formula is C16H14ClFO2. The summed E-state index contributed by atoms with van der Waals surface area (Å²) in [5.74, 6) is 0.346. The van der Waals surface area contributed by atoms with Crippen molar-refractivity contribution < 1.29 is 13.9 Å². The van der Waals surface area contributed by atoms with Crippen LogP contribution in [0.3, 0.4) is 0 Å². The summed E-state index contributed by atoms with van der Waals surface area (Å²) in [6.45, 7) is 0. The largest absolute Gasteiger partial charge is 0.497 e. The molecule has 0 fully saturated rings. The number of ether oxygens (including phenoxy) is 1. The second-order valence-corrected chi connectivity index (χ2v) is 4.88. The molecule has 0 heterocycles. The molecule has 0 spiro atoms. The summed E-state index contributed by atoms with van der Waals surface area (Å²) >= 11 is 5.95. The van der Waals surface area contributed by atoms with E-state index in [1.165, 1.54) is 18.2 Å². The van der Waals surface area contributed by atoms with Crippen molar-refractivity contribution in [2.24, 2.45) is 0 Å². The number of Topliss-reactive ketones (excluding diaryl/α,β-unsaturated/α-hetero) is 1. The van der Waals surface area contributed by atoms with E-state index in [2.05, 4.69) is 0 Å². The van der Waals surface area contributed by atoms with Crippen LogP contribution in [0.5, 0.6) is 5.75 Å². The lowest BCUT2D eigenvalue weighted by Gasteiger charge is -2.05. The molecule has 0 atom stereocenters. The first kappa shape index (κ1) is 14.5. The fraction of sp³-hybridized carbons (Fsp3) is 0.188. The third kappa shape index (κ3) is 3.81. The van der Waals surface area contributed by atoms with Crippen LogP contribution in [0.15, 0.2) is 42.5 Å². The van der Waals surface area contributed by atoms with Crippen LogP contribution in [-0.4, -0.2) is 12.9 Å². The Kier molecular flexibility index (Phi) is 4.74. The van der Waals surface area contributed by atoms with Crippen LogP contribution in [0.2, 0.25) is 5.02 Å². The molecule has 0 radical (unpaired) electrons. The van der Waals surface area contributed by atoms with Crippen LogP contribution < -0.4 is 4.74 Å². The number of ketones is 1. The summed E-state index contributed by atoms with van der Waals surface area (Å²) < 4.78 is 18.2. The minimum atomic E-state index is -0.387. The predicted octanol–water partition coefficient (Wildman–Crippen LogP) is 3.84. The first-order valence-electron chi connectivity index (χ1n) is 6.17. The van der Waals surface area contributed by atoms with E-state index in [0.717, 1.165) is 11.3 Å². The molecular weight excluding hydrogens is 279 g/mol. The molecule has 0 saturated carbocycles. The number of carbonyl (C=O) groups excluding carboxylic acids is 1. The number of hydrogen-bond donors (Lipinski definition) is 0. The minimum Gasteiger partial charge on any atom is -0.497 e. The topological polar surface area (TPSA) is 26.3 Å². The number of benzene rings is 2. The van der Waals surface area contributed by atoms with Gasteiger partial charge in [-0.3, -0.25) is 4.79 Å². The summed E-state index contributed by atoms with van der Waals surface area (Å²) in [5.41, 5.74) is 1.41. The summed E-state index contributed by atoms with van der Waals surface area (Å²) in [4.78, 5) is 12.0. The molecule has 0 aromatic heterocycles. The molecule has 4 heteroatoms. The molecule has 0 unspecified atom stereocenters. The highest BCUT2D eigenvalue weighted by Gasteiger charge is 2.09. The second-order valence-electron chi connectivity index (χ2n) is 4.48. The van der Waals surface area contributed by atoms with E-state index >= 15 is 0 Å². The Morgan fingerprint density at radius 1 is 1.15 bits per heavy atom. The predicted molar refractivity (Wildman–Crippen MR) is 76.8 cm³/mol. The zero-order valence-corrected chi connectivity index (χ0v) is 11.8. The van der Waals surface area contributed by atoms with Crippen molar-refractivity contribution in [1.29, 1.82) is 0 Å². The summed E-state index contributed by atoms with van der Waals surface area (Å²) in [6, 6.07) is 11.3. The van der Waals surface area contributed by atoms with Crippen LogP contribution in [0.25, 0.3) is 0 Å². The number of rotatable bonds is 5. The van der Waals surface area contributed by atoms with Crippen LogP contribution in [0.1, 0.15) is 11.1 Å². The van der Waals surface area contributed by atoms with Gasteiger partial charge in [0, 0.05) is 17.9 Å². The van der Waals surface area contributed by atoms with Crippen LogP contribution in [0.4, 0.5) is 4.39 Å². The van der Waals surface area contributed by atoms with Gasteiger partial charge in [-0.25, -0.2) is 4.39 Å². The van der Waals surface area contributed by atoms with Crippen LogP contribution in [0, 0.1) is 5.82 Å². The van der Waals surface area contributed by atoms with Crippen LogP contribution in [-0.2, 0) is 17.6 Å². The summed E-state index contributed by atoms with van der Waals surface area (Å²) in [5, 5.41) is 0.412. The van der Waals surface area contributed by atoms with Gasteiger partial charge in [0.2, 0.25) is 0 Å². The second kappa shape index (κ2) is 6.53. The highest BCUT2D eigenvalue weighted by molar-refractivity contribution is 6.31. The normalized spacial score (nSPS) is 10.3. The van der Waals surface area contributed by atoms with Gasteiger partial charge in [0.1, 0.15) is 17.3 Å². The Labute approximate surface area is 122 Å². The van der Waals surface area contributed by atoms with E-state index in [-0.39, 0.29) is 24.4 Å². The smallest absolute Gasteiger partial charge is 0.141 e. The van der Waals surface area contributed by atoms with Crippen molar-refractivity contribution in [3.8, 4) is 5.75 Å². The van der Waals surface area contributed by atoms with Gasteiger partial charge in [-0.1, -0.05) is 23.7 Å². The van der Waals surface area contributed by atoms with Crippen LogP contribution >= 0.6 is 11.6 Å². The van der Waals surface area contributed by atoms with Crippen molar-refractivity contribution in [1.82, 2.24) is 0 Å². The molecule has 2 nitrogen and oxygen atoms in total. The number of hydrogen-bond acceptors (Lipinski definition) is 2. The Balaban J connectivity index is 2.03. The Bertz CT molecular complexity index is 608. The molecule has 2 aromatic rings. The van der Waals surface area contributed by atoms with Gasteiger partial charge in [-0.05, 0) is 41.5 Å². The Hall–Kier alpha value is -1.87. The number of halogens is 2. The molecule has 0 aliphatic rings. The van der Waals surface area contributed by atoms with E-state index in [1.807, 2.05) is 12.1 Å². The van der Waals surface area contributed by atoms with Crippen molar-refractivity contribution in [3.63, 3.8) is 0 Å². The molecule has 20 heavy (non-hydrogen) atoms. The average molecular weight is 293 g/mol. The van der Waals surface area contributed by atoms with E-state index in [0.29, 0.717) is 10.6 Å². The van der Waals surface area contributed by atoms with Gasteiger partial charge in [0.15, 0.2) is 0 Å². The minimum absolute atomic E-state index is 0.0114. The maximum atomic E-state index is 13.1. The molecule has 0 aliphatic carbocycles. The molecule has 104 valence electrons. The highest BCUT2D eigenvalue weighted by atomic mass is 35.5. The molecule has 0 saturated heterocycles. The third-order valence-corrected chi connectivity index (χ3v) is 3.32. The van der Waals surface area contributed by atoms with Gasteiger partial charge in [0.05, 0.1) is 7.11 Å². The quantitative estimate of drug-likeness (QED) is 0.837. The van der Waals surface area contributed by atoms with E-state index < -0.39 is 0 Å². The highest BCUT2D eigenvalue weighted by Crippen LogP contribution is 2.19. The first-order chi connectivity index (χ1) is 9.58. The van der Waals surface area contributed by atoms with Gasteiger partial charge in [-0.2, -0.15) is 0 Å². The molecule has 0 aliphatic heterocycles. The molecule has 2 rings (SSSR count). The van der Waals surface area contributed by atoms with Crippen molar-refractivity contribution in [2.45, 2.75) is 12.8 Å². The first-order valence-corrected chi connectivity index (χ1v) is 6.55. The molecule has 0 bridgehead atoms. The Morgan fingerprint density at radius 3 is 2.50 bits per heavy atom. The van der Waals surface area contributed by atoms with Gasteiger partial charge in [-0.15, -0.1) is 0 Å². The van der Waals surface area contributed by atoms with Gasteiger partial charge >= 0.3 is 0 Å².